The van der Waals surface area contributed by atoms with Crippen molar-refractivity contribution in [2.75, 3.05) is 0 Å². The van der Waals surface area contributed by atoms with E-state index in [1.54, 1.807) is 48.5 Å². The van der Waals surface area contributed by atoms with Crippen molar-refractivity contribution < 1.29 is 19.5 Å². The highest BCUT2D eigenvalue weighted by atomic mass is 35.5. The molecular weight excluding hydrogens is 382 g/mol. The van der Waals surface area contributed by atoms with Gasteiger partial charge in [0.1, 0.15) is 11.7 Å². The Morgan fingerprint density at radius 1 is 1.14 bits per heavy atom. The van der Waals surface area contributed by atoms with Crippen LogP contribution in [0.1, 0.15) is 27.7 Å². The van der Waals surface area contributed by atoms with Gasteiger partial charge < -0.3 is 20.7 Å². The zero-order valence-corrected chi connectivity index (χ0v) is 15.3. The zero-order valence-electron chi connectivity index (χ0n) is 14.5. The summed E-state index contributed by atoms with van der Waals surface area (Å²) in [5.74, 6) is -2.16. The lowest BCUT2D eigenvalue weighted by atomic mass is 9.98. The van der Waals surface area contributed by atoms with Crippen molar-refractivity contribution in [1.29, 1.82) is 0 Å². The summed E-state index contributed by atoms with van der Waals surface area (Å²) in [6.07, 6.45) is 0.198. The Kier molecular flexibility index (Phi) is 4.52. The quantitative estimate of drug-likeness (QED) is 0.543. The van der Waals surface area contributed by atoms with Crippen LogP contribution in [0.4, 0.5) is 0 Å². The number of carbonyl (C=O) groups is 3. The largest absolute Gasteiger partial charge is 0.479 e. The third kappa shape index (κ3) is 3.32. The number of amides is 2. The van der Waals surface area contributed by atoms with Gasteiger partial charge in [-0.05, 0) is 35.4 Å². The first kappa shape index (κ1) is 18.1. The van der Waals surface area contributed by atoms with Gasteiger partial charge in [-0.1, -0.05) is 35.9 Å². The number of carbonyl (C=O) groups excluding carboxylic acids is 2. The smallest absolute Gasteiger partial charge is 0.330 e. The predicted molar refractivity (Wildman–Crippen MR) is 103 cm³/mol. The third-order valence-corrected chi connectivity index (χ3v) is 5.01. The normalized spacial score (nSPS) is 18.8. The molecule has 1 aliphatic heterocycles. The molecule has 2 amide bonds. The van der Waals surface area contributed by atoms with Crippen LogP contribution in [0.2, 0.25) is 5.02 Å². The second kappa shape index (κ2) is 7.01. The van der Waals surface area contributed by atoms with E-state index >= 15 is 0 Å². The number of nitrogens with one attached hydrogen (secondary N) is 3. The van der Waals surface area contributed by atoms with Gasteiger partial charge in [-0.25, -0.2) is 4.79 Å². The number of aromatic nitrogens is 1. The number of halogens is 1. The highest BCUT2D eigenvalue weighted by molar-refractivity contribution is 6.31. The molecule has 8 heteroatoms. The lowest BCUT2D eigenvalue weighted by molar-refractivity contribution is -0.142. The Balaban J connectivity index is 1.61. The molecule has 0 bridgehead atoms. The van der Waals surface area contributed by atoms with Crippen LogP contribution in [-0.2, 0) is 16.0 Å². The summed E-state index contributed by atoms with van der Waals surface area (Å²) in [7, 11) is 0. The average molecular weight is 398 g/mol. The molecule has 3 aromatic rings. The van der Waals surface area contributed by atoms with Gasteiger partial charge in [0.15, 0.2) is 6.04 Å². The van der Waals surface area contributed by atoms with E-state index in [0.29, 0.717) is 16.1 Å². The van der Waals surface area contributed by atoms with Crippen molar-refractivity contribution in [3.8, 4) is 0 Å². The van der Waals surface area contributed by atoms with Gasteiger partial charge in [0.2, 0.25) is 5.91 Å². The van der Waals surface area contributed by atoms with Crippen LogP contribution in [0.5, 0.6) is 0 Å². The van der Waals surface area contributed by atoms with Crippen molar-refractivity contribution >= 4 is 40.3 Å². The Hall–Kier alpha value is -3.32. The first-order valence-corrected chi connectivity index (χ1v) is 9.00. The lowest BCUT2D eigenvalue weighted by Gasteiger charge is -2.16. The molecule has 4 rings (SSSR count). The summed E-state index contributed by atoms with van der Waals surface area (Å²) in [6.45, 7) is 0. The molecule has 0 saturated carbocycles. The van der Waals surface area contributed by atoms with Gasteiger partial charge in [-0.15, -0.1) is 0 Å². The predicted octanol–water partition coefficient (Wildman–Crippen LogP) is 2.42. The molecule has 1 aromatic heterocycles. The van der Waals surface area contributed by atoms with Gasteiger partial charge in [-0.2, -0.15) is 0 Å². The van der Waals surface area contributed by atoms with Crippen LogP contribution >= 0.6 is 11.6 Å². The van der Waals surface area contributed by atoms with Gasteiger partial charge in [-0.3, -0.25) is 9.59 Å². The molecule has 0 aliphatic carbocycles. The minimum atomic E-state index is -1.15. The van der Waals surface area contributed by atoms with Crippen molar-refractivity contribution in [2.45, 2.75) is 18.5 Å². The fourth-order valence-corrected chi connectivity index (χ4v) is 3.59. The molecule has 0 radical (unpaired) electrons. The first-order valence-electron chi connectivity index (χ1n) is 8.62. The Morgan fingerprint density at radius 3 is 2.71 bits per heavy atom. The fraction of sp³-hybridized carbons (Fsp3) is 0.150. The summed E-state index contributed by atoms with van der Waals surface area (Å²) in [5.41, 5.74) is 2.25. The number of rotatable bonds is 3. The molecule has 2 heterocycles. The first-order chi connectivity index (χ1) is 13.4. The summed E-state index contributed by atoms with van der Waals surface area (Å²) in [6, 6.07) is 11.7. The molecule has 2 aromatic carbocycles. The maximum atomic E-state index is 12.7. The van der Waals surface area contributed by atoms with E-state index in [1.165, 1.54) is 0 Å². The second-order valence-electron chi connectivity index (χ2n) is 6.62. The van der Waals surface area contributed by atoms with E-state index in [9.17, 15) is 19.5 Å². The van der Waals surface area contributed by atoms with Gasteiger partial charge in [0.25, 0.3) is 5.91 Å². The molecule has 28 heavy (non-hydrogen) atoms. The molecule has 0 saturated heterocycles. The molecule has 2 atom stereocenters. The van der Waals surface area contributed by atoms with E-state index in [-0.39, 0.29) is 12.1 Å². The second-order valence-corrected chi connectivity index (χ2v) is 7.06. The van der Waals surface area contributed by atoms with Crippen molar-refractivity contribution in [1.82, 2.24) is 15.6 Å². The molecule has 0 fully saturated rings. The maximum absolute atomic E-state index is 12.7. The molecule has 1 aliphatic rings. The lowest BCUT2D eigenvalue weighted by Crippen LogP contribution is -2.48. The van der Waals surface area contributed by atoms with Crippen LogP contribution in [-0.4, -0.2) is 33.9 Å². The number of H-pyrrole nitrogens is 1. The average Bonchev–Trinajstić information content (AvgIpc) is 3.03. The van der Waals surface area contributed by atoms with Gasteiger partial charge >= 0.3 is 5.97 Å². The molecule has 7 nitrogen and oxygen atoms in total. The number of aromatic amines is 1. The van der Waals surface area contributed by atoms with Gasteiger partial charge in [0.05, 0.1) is 0 Å². The van der Waals surface area contributed by atoms with E-state index in [4.69, 9.17) is 11.6 Å². The Bertz CT molecular complexity index is 1110. The molecule has 142 valence electrons. The summed E-state index contributed by atoms with van der Waals surface area (Å²) in [5, 5.41) is 16.0. The van der Waals surface area contributed by atoms with Crippen LogP contribution in [0.15, 0.2) is 48.5 Å². The van der Waals surface area contributed by atoms with Gasteiger partial charge in [0, 0.05) is 22.3 Å². The molecule has 0 spiro atoms. The minimum absolute atomic E-state index is 0.198. The topological polar surface area (TPSA) is 111 Å². The standard InChI is InChI=1S/C20H16ClN3O4/c21-12-5-6-14-11(7-12)9-15(22-14)18(25)23-16-8-10-3-1-2-4-13(10)17(20(27)28)24-19(16)26/h1-7,9,16-17,22H,8H2,(H,23,25)(H,24,26)(H,27,28)/t16-,17+/m1/s1. The summed E-state index contributed by atoms with van der Waals surface area (Å²) in [4.78, 5) is 39.8. The van der Waals surface area contributed by atoms with E-state index < -0.39 is 29.9 Å². The van der Waals surface area contributed by atoms with Crippen LogP contribution in [0.25, 0.3) is 10.9 Å². The van der Waals surface area contributed by atoms with Crippen molar-refractivity contribution in [3.05, 3.63) is 70.4 Å². The van der Waals surface area contributed by atoms with Crippen molar-refractivity contribution in [2.24, 2.45) is 0 Å². The van der Waals surface area contributed by atoms with E-state index in [1.807, 2.05) is 0 Å². The summed E-state index contributed by atoms with van der Waals surface area (Å²) < 4.78 is 0. The van der Waals surface area contributed by atoms with Crippen LogP contribution in [0, 0.1) is 0 Å². The highest BCUT2D eigenvalue weighted by Crippen LogP contribution is 2.24. The number of hydrogen-bond donors (Lipinski definition) is 4. The Morgan fingerprint density at radius 2 is 1.93 bits per heavy atom. The SMILES string of the molecule is O=C(N[C@@H]1Cc2ccccc2[C@@H](C(=O)O)NC1=O)c1cc2cc(Cl)ccc2[nH]1. The van der Waals surface area contributed by atoms with E-state index in [0.717, 1.165) is 10.9 Å². The number of carboxylic acids is 1. The van der Waals surface area contributed by atoms with Crippen LogP contribution in [0.3, 0.4) is 0 Å². The summed E-state index contributed by atoms with van der Waals surface area (Å²) >= 11 is 5.97. The number of fused-ring (bicyclic) bond motifs is 2. The molecule has 4 N–H and O–H groups in total. The third-order valence-electron chi connectivity index (χ3n) is 4.77. The van der Waals surface area contributed by atoms with E-state index in [2.05, 4.69) is 15.6 Å². The minimum Gasteiger partial charge on any atom is -0.479 e. The number of benzene rings is 2. The Labute approximate surface area is 164 Å². The van der Waals surface area contributed by atoms with Crippen LogP contribution < -0.4 is 10.6 Å². The number of hydrogen-bond acceptors (Lipinski definition) is 3. The molecular formula is C20H16ClN3O4. The maximum Gasteiger partial charge on any atom is 0.330 e. The zero-order chi connectivity index (χ0) is 19.8. The fourth-order valence-electron chi connectivity index (χ4n) is 3.41. The molecule has 0 unspecified atom stereocenters. The number of aliphatic carboxylic acids is 1. The number of carboxylic acid groups (broad SMARTS) is 1. The monoisotopic (exact) mass is 397 g/mol. The highest BCUT2D eigenvalue weighted by Gasteiger charge is 2.33. The van der Waals surface area contributed by atoms with Crippen molar-refractivity contribution in [3.63, 3.8) is 0 Å².